The zero-order valence-corrected chi connectivity index (χ0v) is 17.3. The van der Waals surface area contributed by atoms with E-state index in [9.17, 15) is 0 Å². The maximum atomic E-state index is 6.09. The molecule has 2 N–H and O–H groups in total. The first kappa shape index (κ1) is 18.6. The highest BCUT2D eigenvalue weighted by Gasteiger charge is 2.32. The molecule has 0 fully saturated rings. The Balaban J connectivity index is 1.72. The van der Waals surface area contributed by atoms with Crippen LogP contribution in [0.3, 0.4) is 0 Å². The zero-order chi connectivity index (χ0) is 20.7. The van der Waals surface area contributed by atoms with Gasteiger partial charge in [-0.3, -0.25) is 0 Å². The number of hydrazone groups is 2. The minimum Gasteiger partial charge on any atom is -0.322 e. The minimum atomic E-state index is -0.000946. The Morgan fingerprint density at radius 1 is 0.967 bits per heavy atom. The molecule has 0 saturated carbocycles. The number of hydrogen-bond donors (Lipinski definition) is 1. The molecule has 1 aliphatic rings. The van der Waals surface area contributed by atoms with Crippen LogP contribution in [0.15, 0.2) is 89.1 Å². The summed E-state index contributed by atoms with van der Waals surface area (Å²) in [5, 5.41) is 16.4. The summed E-state index contributed by atoms with van der Waals surface area (Å²) in [6.45, 7) is 1.90. The Bertz CT molecular complexity index is 1250. The molecule has 30 heavy (non-hydrogen) atoms. The van der Waals surface area contributed by atoms with E-state index in [4.69, 9.17) is 22.5 Å². The molecule has 0 aliphatic carbocycles. The van der Waals surface area contributed by atoms with Crippen molar-refractivity contribution in [2.24, 2.45) is 16.0 Å². The van der Waals surface area contributed by atoms with Crippen molar-refractivity contribution >= 4 is 44.7 Å². The maximum Gasteiger partial charge on any atom is 0.142 e. The highest BCUT2D eigenvalue weighted by atomic mass is 35.5. The van der Waals surface area contributed by atoms with Gasteiger partial charge in [0.2, 0.25) is 0 Å². The predicted octanol–water partition coefficient (Wildman–Crippen LogP) is 6.09. The van der Waals surface area contributed by atoms with Crippen LogP contribution in [-0.4, -0.2) is 16.6 Å². The van der Waals surface area contributed by atoms with E-state index >= 15 is 0 Å². The molecule has 1 aliphatic heterocycles. The molecule has 0 bridgehead atoms. The number of benzene rings is 4. The zero-order valence-electron chi connectivity index (χ0n) is 16.6. The molecule has 1 atom stereocenters. The summed E-state index contributed by atoms with van der Waals surface area (Å²) < 4.78 is 0. The first-order chi connectivity index (χ1) is 14.7. The fourth-order valence-electron chi connectivity index (χ4n) is 4.32. The van der Waals surface area contributed by atoms with Gasteiger partial charge in [-0.25, -0.2) is 5.01 Å². The summed E-state index contributed by atoms with van der Waals surface area (Å²) in [5.74, 6) is 6.36. The van der Waals surface area contributed by atoms with E-state index in [0.29, 0.717) is 10.9 Å². The molecule has 0 aromatic heterocycles. The second-order valence-electron chi connectivity index (χ2n) is 7.53. The van der Waals surface area contributed by atoms with Crippen LogP contribution in [0.4, 0.5) is 0 Å². The number of nitrogens with two attached hydrogens (primary N) is 1. The standard InChI is InChI=1S/C25H21ClN4/c1-16(28-27)30-24(15-23(29-30)17-10-12-20(26)13-11-17)25-21-8-4-2-6-18(21)14-19-7-3-5-9-22(19)25/h2-14,24H,15,27H2,1H3/b28-16-. The molecule has 4 nitrogen and oxygen atoms in total. The van der Waals surface area contributed by atoms with Crippen LogP contribution in [0, 0.1) is 0 Å². The number of halogens is 1. The second kappa shape index (κ2) is 7.47. The van der Waals surface area contributed by atoms with Crippen LogP contribution in [-0.2, 0) is 0 Å². The van der Waals surface area contributed by atoms with Crippen molar-refractivity contribution < 1.29 is 0 Å². The lowest BCUT2D eigenvalue weighted by atomic mass is 9.89. The number of amidine groups is 1. The van der Waals surface area contributed by atoms with Crippen molar-refractivity contribution in [2.45, 2.75) is 19.4 Å². The number of rotatable bonds is 2. The number of fused-ring (bicyclic) bond motifs is 2. The third-order valence-corrected chi connectivity index (χ3v) is 6.00. The summed E-state index contributed by atoms with van der Waals surface area (Å²) in [6, 6.07) is 27.1. The molecule has 4 aromatic rings. The van der Waals surface area contributed by atoms with Gasteiger partial charge in [-0.15, -0.1) is 0 Å². The summed E-state index contributed by atoms with van der Waals surface area (Å²) >= 11 is 6.09. The van der Waals surface area contributed by atoms with Crippen molar-refractivity contribution in [3.05, 3.63) is 95.0 Å². The predicted molar refractivity (Wildman–Crippen MR) is 126 cm³/mol. The Labute approximate surface area is 180 Å². The first-order valence-corrected chi connectivity index (χ1v) is 10.3. The van der Waals surface area contributed by atoms with E-state index in [1.54, 1.807) is 0 Å². The van der Waals surface area contributed by atoms with Crippen molar-refractivity contribution in [1.29, 1.82) is 0 Å². The fourth-order valence-corrected chi connectivity index (χ4v) is 4.44. The van der Waals surface area contributed by atoms with Gasteiger partial charge >= 0.3 is 0 Å². The quantitative estimate of drug-likeness (QED) is 0.142. The second-order valence-corrected chi connectivity index (χ2v) is 7.96. The molecule has 4 aromatic carbocycles. The lowest BCUT2D eigenvalue weighted by Crippen LogP contribution is -2.26. The Hall–Kier alpha value is -3.37. The highest BCUT2D eigenvalue weighted by Crippen LogP contribution is 2.41. The van der Waals surface area contributed by atoms with Gasteiger partial charge in [-0.05, 0) is 57.8 Å². The first-order valence-electron chi connectivity index (χ1n) is 9.93. The van der Waals surface area contributed by atoms with Crippen LogP contribution in [0.25, 0.3) is 21.5 Å². The maximum absolute atomic E-state index is 6.09. The molecule has 1 unspecified atom stereocenters. The van der Waals surface area contributed by atoms with Gasteiger partial charge in [0.15, 0.2) is 0 Å². The summed E-state index contributed by atoms with van der Waals surface area (Å²) in [6.07, 6.45) is 0.756. The van der Waals surface area contributed by atoms with Gasteiger partial charge < -0.3 is 5.84 Å². The summed E-state index contributed by atoms with van der Waals surface area (Å²) in [4.78, 5) is 0. The van der Waals surface area contributed by atoms with E-state index in [2.05, 4.69) is 59.7 Å². The van der Waals surface area contributed by atoms with Crippen molar-refractivity contribution in [2.75, 3.05) is 0 Å². The molecular formula is C25H21ClN4. The van der Waals surface area contributed by atoms with E-state index in [0.717, 1.165) is 17.7 Å². The molecule has 5 heteroatoms. The number of hydrogen-bond acceptors (Lipinski definition) is 3. The lowest BCUT2D eigenvalue weighted by molar-refractivity contribution is 0.370. The normalized spacial score (nSPS) is 17.0. The topological polar surface area (TPSA) is 54.0 Å². The van der Waals surface area contributed by atoms with E-state index < -0.39 is 0 Å². The van der Waals surface area contributed by atoms with Crippen LogP contribution in [0.2, 0.25) is 5.02 Å². The van der Waals surface area contributed by atoms with Gasteiger partial charge in [0.25, 0.3) is 0 Å². The SMILES string of the molecule is C/C(=N/N)N1N=C(c2ccc(Cl)cc2)CC1c1c2ccccc2cc2ccccc12. The van der Waals surface area contributed by atoms with Gasteiger partial charge in [-0.2, -0.15) is 10.2 Å². The Morgan fingerprint density at radius 2 is 1.57 bits per heavy atom. The lowest BCUT2D eigenvalue weighted by Gasteiger charge is -2.25. The van der Waals surface area contributed by atoms with Crippen LogP contribution in [0.1, 0.15) is 30.5 Å². The molecule has 1 heterocycles. The van der Waals surface area contributed by atoms with Crippen molar-refractivity contribution in [1.82, 2.24) is 5.01 Å². The van der Waals surface area contributed by atoms with E-state index in [1.807, 2.05) is 36.2 Å². The summed E-state index contributed by atoms with van der Waals surface area (Å²) in [5.41, 5.74) is 3.30. The molecular weight excluding hydrogens is 392 g/mol. The number of nitrogens with zero attached hydrogens (tertiary/aromatic N) is 3. The molecule has 148 valence electrons. The minimum absolute atomic E-state index is 0.000946. The average molecular weight is 413 g/mol. The van der Waals surface area contributed by atoms with E-state index in [1.165, 1.54) is 27.1 Å². The average Bonchev–Trinajstić information content (AvgIpc) is 3.22. The Morgan fingerprint density at radius 3 is 2.17 bits per heavy atom. The third-order valence-electron chi connectivity index (χ3n) is 5.75. The van der Waals surface area contributed by atoms with Crippen LogP contribution in [0.5, 0.6) is 0 Å². The molecule has 0 saturated heterocycles. The van der Waals surface area contributed by atoms with Crippen LogP contribution >= 0.6 is 11.6 Å². The highest BCUT2D eigenvalue weighted by molar-refractivity contribution is 6.30. The molecule has 0 spiro atoms. The van der Waals surface area contributed by atoms with Gasteiger partial charge in [-0.1, -0.05) is 72.3 Å². The smallest absolute Gasteiger partial charge is 0.142 e. The van der Waals surface area contributed by atoms with Gasteiger partial charge in [0.05, 0.1) is 11.8 Å². The van der Waals surface area contributed by atoms with E-state index in [-0.39, 0.29) is 6.04 Å². The monoisotopic (exact) mass is 412 g/mol. The van der Waals surface area contributed by atoms with Crippen molar-refractivity contribution in [3.8, 4) is 0 Å². The fraction of sp³-hybridized carbons (Fsp3) is 0.120. The third kappa shape index (κ3) is 3.10. The van der Waals surface area contributed by atoms with Gasteiger partial charge in [0.1, 0.15) is 5.84 Å². The summed E-state index contributed by atoms with van der Waals surface area (Å²) in [7, 11) is 0. The molecule has 0 radical (unpaired) electrons. The Kier molecular flexibility index (Phi) is 4.64. The molecule has 5 rings (SSSR count). The van der Waals surface area contributed by atoms with Crippen LogP contribution < -0.4 is 5.84 Å². The van der Waals surface area contributed by atoms with Crippen molar-refractivity contribution in [3.63, 3.8) is 0 Å². The molecule has 0 amide bonds. The van der Waals surface area contributed by atoms with Gasteiger partial charge in [0, 0.05) is 11.4 Å². The largest absolute Gasteiger partial charge is 0.322 e.